The molecule has 0 radical (unpaired) electrons. The lowest BCUT2D eigenvalue weighted by atomic mass is 10.1. The first-order valence-corrected chi connectivity index (χ1v) is 12.7. The normalized spacial score (nSPS) is 13.2. The van der Waals surface area contributed by atoms with Crippen molar-refractivity contribution in [2.75, 3.05) is 17.1 Å². The highest BCUT2D eigenvalue weighted by atomic mass is 32.2. The molecule has 0 aliphatic rings. The quantitative estimate of drug-likeness (QED) is 0.569. The molecule has 33 heavy (non-hydrogen) atoms. The number of anilines is 1. The summed E-state index contributed by atoms with van der Waals surface area (Å²) in [5.74, 6) is -1.38. The van der Waals surface area contributed by atoms with Gasteiger partial charge in [0.15, 0.2) is 0 Å². The molecular weight excluding hydrogens is 445 g/mol. The number of nitrogens with zero attached hydrogens (tertiary/aromatic N) is 2. The zero-order valence-corrected chi connectivity index (χ0v) is 20.5. The van der Waals surface area contributed by atoms with Crippen molar-refractivity contribution < 1.29 is 22.4 Å². The van der Waals surface area contributed by atoms with Gasteiger partial charge in [0.2, 0.25) is 21.8 Å². The van der Waals surface area contributed by atoms with Crippen LogP contribution in [0.15, 0.2) is 48.5 Å². The molecule has 2 aromatic rings. The van der Waals surface area contributed by atoms with Gasteiger partial charge in [-0.25, -0.2) is 12.8 Å². The lowest BCUT2D eigenvalue weighted by Gasteiger charge is -2.32. The molecule has 2 amide bonds. The smallest absolute Gasteiger partial charge is 0.244 e. The molecule has 0 saturated heterocycles. The number of hydrogen-bond acceptors (Lipinski definition) is 4. The average molecular weight is 478 g/mol. The van der Waals surface area contributed by atoms with Crippen LogP contribution in [0.5, 0.6) is 0 Å². The lowest BCUT2D eigenvalue weighted by Crippen LogP contribution is -2.52. The fourth-order valence-corrected chi connectivity index (χ4v) is 4.01. The molecule has 0 saturated carbocycles. The van der Waals surface area contributed by atoms with Crippen molar-refractivity contribution in [2.45, 2.75) is 52.7 Å². The van der Waals surface area contributed by atoms with E-state index in [2.05, 4.69) is 5.32 Å². The standard InChI is InChI=1S/C24H32FN3O4S/c1-6-18(3)26-24(30)19(4)27(15-20-9-7-17(2)8-10-20)23(29)16-28(33(5,31)32)22-13-11-21(25)12-14-22/h7-14,18-19H,6,15-16H2,1-5H3,(H,26,30)/t18-,19-/m1/s1. The van der Waals surface area contributed by atoms with Gasteiger partial charge < -0.3 is 10.2 Å². The third-order valence-corrected chi connectivity index (χ3v) is 6.58. The molecule has 0 aliphatic carbocycles. The monoisotopic (exact) mass is 477 g/mol. The summed E-state index contributed by atoms with van der Waals surface area (Å²) in [7, 11) is -3.84. The van der Waals surface area contributed by atoms with Crippen LogP contribution in [0.2, 0.25) is 0 Å². The summed E-state index contributed by atoms with van der Waals surface area (Å²) in [5.41, 5.74) is 2.03. The molecule has 180 valence electrons. The van der Waals surface area contributed by atoms with Gasteiger partial charge in [0.1, 0.15) is 18.4 Å². The van der Waals surface area contributed by atoms with Crippen molar-refractivity contribution in [1.29, 1.82) is 0 Å². The number of carbonyl (C=O) groups excluding carboxylic acids is 2. The summed E-state index contributed by atoms with van der Waals surface area (Å²) < 4.78 is 39.1. The Balaban J connectivity index is 2.36. The lowest BCUT2D eigenvalue weighted by molar-refractivity contribution is -0.139. The Bertz CT molecular complexity index is 1060. The summed E-state index contributed by atoms with van der Waals surface area (Å²) in [6, 6.07) is 11.5. The molecule has 2 atom stereocenters. The molecule has 0 bridgehead atoms. The van der Waals surface area contributed by atoms with E-state index in [4.69, 9.17) is 0 Å². The van der Waals surface area contributed by atoms with E-state index in [-0.39, 0.29) is 24.2 Å². The minimum Gasteiger partial charge on any atom is -0.352 e. The van der Waals surface area contributed by atoms with Crippen LogP contribution in [-0.2, 0) is 26.2 Å². The van der Waals surface area contributed by atoms with Crippen LogP contribution in [0, 0.1) is 12.7 Å². The second kappa shape index (κ2) is 11.3. The number of aryl methyl sites for hydroxylation is 1. The molecule has 0 aromatic heterocycles. The molecule has 0 heterocycles. The van der Waals surface area contributed by atoms with Crippen molar-refractivity contribution in [3.05, 3.63) is 65.5 Å². The van der Waals surface area contributed by atoms with Crippen LogP contribution < -0.4 is 9.62 Å². The zero-order chi connectivity index (χ0) is 24.8. The first kappa shape index (κ1) is 26.3. The largest absolute Gasteiger partial charge is 0.352 e. The van der Waals surface area contributed by atoms with Crippen LogP contribution in [0.25, 0.3) is 0 Å². The fourth-order valence-electron chi connectivity index (χ4n) is 3.16. The van der Waals surface area contributed by atoms with Crippen LogP contribution in [0.3, 0.4) is 0 Å². The second-order valence-corrected chi connectivity index (χ2v) is 10.2. The van der Waals surface area contributed by atoms with Gasteiger partial charge >= 0.3 is 0 Å². The Hall–Kier alpha value is -2.94. The van der Waals surface area contributed by atoms with Crippen molar-refractivity contribution in [3.63, 3.8) is 0 Å². The number of nitrogens with one attached hydrogen (secondary N) is 1. The van der Waals surface area contributed by atoms with E-state index in [1.54, 1.807) is 6.92 Å². The third-order valence-electron chi connectivity index (χ3n) is 5.44. The Morgan fingerprint density at radius 2 is 1.61 bits per heavy atom. The minimum absolute atomic E-state index is 0.0667. The number of hydrogen-bond donors (Lipinski definition) is 1. The Morgan fingerprint density at radius 3 is 2.12 bits per heavy atom. The van der Waals surface area contributed by atoms with E-state index in [1.807, 2.05) is 45.0 Å². The van der Waals surface area contributed by atoms with Gasteiger partial charge in [0.05, 0.1) is 11.9 Å². The molecule has 2 aromatic carbocycles. The first-order valence-electron chi connectivity index (χ1n) is 10.8. The maximum absolute atomic E-state index is 13.4. The number of amides is 2. The number of halogens is 1. The van der Waals surface area contributed by atoms with Gasteiger partial charge in [0, 0.05) is 12.6 Å². The Kier molecular flexibility index (Phi) is 8.99. The van der Waals surface area contributed by atoms with Crippen molar-refractivity contribution >= 4 is 27.5 Å². The van der Waals surface area contributed by atoms with Gasteiger partial charge in [-0.05, 0) is 57.0 Å². The van der Waals surface area contributed by atoms with E-state index in [1.165, 1.54) is 17.0 Å². The maximum Gasteiger partial charge on any atom is 0.244 e. The van der Waals surface area contributed by atoms with Gasteiger partial charge in [-0.3, -0.25) is 13.9 Å². The van der Waals surface area contributed by atoms with Crippen molar-refractivity contribution in [1.82, 2.24) is 10.2 Å². The summed E-state index contributed by atoms with van der Waals surface area (Å²) in [5, 5.41) is 2.87. The summed E-state index contributed by atoms with van der Waals surface area (Å²) in [6.07, 6.45) is 1.71. The maximum atomic E-state index is 13.4. The Morgan fingerprint density at radius 1 is 1.03 bits per heavy atom. The predicted molar refractivity (Wildman–Crippen MR) is 128 cm³/mol. The van der Waals surface area contributed by atoms with Crippen LogP contribution >= 0.6 is 0 Å². The van der Waals surface area contributed by atoms with Crippen molar-refractivity contribution in [2.24, 2.45) is 0 Å². The molecular formula is C24H32FN3O4S. The molecule has 7 nitrogen and oxygen atoms in total. The van der Waals surface area contributed by atoms with Crippen LogP contribution in [0.1, 0.15) is 38.3 Å². The highest BCUT2D eigenvalue weighted by Crippen LogP contribution is 2.19. The highest BCUT2D eigenvalue weighted by Gasteiger charge is 2.30. The number of benzene rings is 2. The van der Waals surface area contributed by atoms with E-state index in [0.29, 0.717) is 0 Å². The molecule has 0 aliphatic heterocycles. The molecule has 0 fully saturated rings. The first-order chi connectivity index (χ1) is 15.4. The zero-order valence-electron chi connectivity index (χ0n) is 19.7. The molecule has 0 spiro atoms. The third kappa shape index (κ3) is 7.56. The van der Waals surface area contributed by atoms with Crippen LogP contribution in [0.4, 0.5) is 10.1 Å². The van der Waals surface area contributed by atoms with E-state index in [9.17, 15) is 22.4 Å². The second-order valence-electron chi connectivity index (χ2n) is 8.25. The molecule has 2 rings (SSSR count). The molecule has 1 N–H and O–H groups in total. The fraction of sp³-hybridized carbons (Fsp3) is 0.417. The van der Waals surface area contributed by atoms with Gasteiger partial charge in [-0.1, -0.05) is 36.8 Å². The van der Waals surface area contributed by atoms with Gasteiger partial charge in [-0.2, -0.15) is 0 Å². The summed E-state index contributed by atoms with van der Waals surface area (Å²) in [4.78, 5) is 27.6. The molecule has 0 unspecified atom stereocenters. The number of sulfonamides is 1. The number of rotatable bonds is 10. The van der Waals surface area contributed by atoms with Gasteiger partial charge in [-0.15, -0.1) is 0 Å². The van der Waals surface area contributed by atoms with E-state index in [0.717, 1.165) is 40.2 Å². The Labute approximate surface area is 195 Å². The van der Waals surface area contributed by atoms with E-state index >= 15 is 0 Å². The highest BCUT2D eigenvalue weighted by molar-refractivity contribution is 7.92. The summed E-state index contributed by atoms with van der Waals surface area (Å²) >= 11 is 0. The van der Waals surface area contributed by atoms with Gasteiger partial charge in [0.25, 0.3) is 0 Å². The summed E-state index contributed by atoms with van der Waals surface area (Å²) in [6.45, 7) is 6.99. The predicted octanol–water partition coefficient (Wildman–Crippen LogP) is 3.23. The minimum atomic E-state index is -3.84. The topological polar surface area (TPSA) is 86.8 Å². The average Bonchev–Trinajstić information content (AvgIpc) is 2.76. The van der Waals surface area contributed by atoms with Crippen LogP contribution in [-0.4, -0.2) is 50.0 Å². The SMILES string of the molecule is CC[C@@H](C)NC(=O)[C@@H](C)N(Cc1ccc(C)cc1)C(=O)CN(c1ccc(F)cc1)S(C)(=O)=O. The molecule has 9 heteroatoms. The number of carbonyl (C=O) groups is 2. The van der Waals surface area contributed by atoms with E-state index < -0.39 is 34.3 Å². The van der Waals surface area contributed by atoms with Crippen molar-refractivity contribution in [3.8, 4) is 0 Å².